The maximum absolute atomic E-state index is 12.0. The first-order chi connectivity index (χ1) is 8.65. The zero-order valence-corrected chi connectivity index (χ0v) is 12.4. The van der Waals surface area contributed by atoms with Crippen LogP contribution in [0.15, 0.2) is 0 Å². The van der Waals surface area contributed by atoms with Crippen LogP contribution in [0.25, 0.3) is 0 Å². The van der Waals surface area contributed by atoms with Crippen LogP contribution in [0.2, 0.25) is 0 Å². The van der Waals surface area contributed by atoms with E-state index in [-0.39, 0.29) is 5.91 Å². The molecular formula is C13H20N2OS2. The predicted molar refractivity (Wildman–Crippen MR) is 77.6 cm³/mol. The van der Waals surface area contributed by atoms with E-state index in [9.17, 15) is 4.79 Å². The van der Waals surface area contributed by atoms with Gasteiger partial charge < -0.3 is 10.3 Å². The molecule has 0 saturated heterocycles. The van der Waals surface area contributed by atoms with Crippen LogP contribution in [0.4, 0.5) is 0 Å². The third kappa shape index (κ3) is 3.92. The van der Waals surface area contributed by atoms with Gasteiger partial charge in [0.15, 0.2) is 3.95 Å². The Kier molecular flexibility index (Phi) is 4.95. The van der Waals surface area contributed by atoms with E-state index in [1.165, 1.54) is 37.0 Å². The van der Waals surface area contributed by atoms with E-state index in [1.54, 1.807) is 0 Å². The van der Waals surface area contributed by atoms with Crippen molar-refractivity contribution in [3.8, 4) is 0 Å². The SMILES string of the molecule is Cc1[nH]c(=S)sc1CC(=O)NC1CCCCCC1. The molecule has 1 aliphatic rings. The van der Waals surface area contributed by atoms with Crippen LogP contribution in [0.3, 0.4) is 0 Å². The lowest BCUT2D eigenvalue weighted by Crippen LogP contribution is -2.35. The minimum atomic E-state index is 0.134. The second kappa shape index (κ2) is 6.48. The summed E-state index contributed by atoms with van der Waals surface area (Å²) in [6.45, 7) is 1.97. The summed E-state index contributed by atoms with van der Waals surface area (Å²) in [4.78, 5) is 16.1. The smallest absolute Gasteiger partial charge is 0.225 e. The zero-order valence-electron chi connectivity index (χ0n) is 10.8. The first-order valence-electron chi connectivity index (χ1n) is 6.63. The van der Waals surface area contributed by atoms with Crippen LogP contribution in [-0.4, -0.2) is 16.9 Å². The molecule has 0 atom stereocenters. The molecule has 2 rings (SSSR count). The normalized spacial score (nSPS) is 17.4. The number of aryl methyl sites for hydroxylation is 1. The molecule has 18 heavy (non-hydrogen) atoms. The maximum atomic E-state index is 12.0. The number of amides is 1. The second-order valence-electron chi connectivity index (χ2n) is 5.00. The van der Waals surface area contributed by atoms with Gasteiger partial charge in [-0.15, -0.1) is 11.3 Å². The summed E-state index contributed by atoms with van der Waals surface area (Å²) in [5, 5.41) is 3.16. The fourth-order valence-corrected chi connectivity index (χ4v) is 3.74. The summed E-state index contributed by atoms with van der Waals surface area (Å²) in [5.41, 5.74) is 1.03. The summed E-state index contributed by atoms with van der Waals surface area (Å²) >= 11 is 6.59. The van der Waals surface area contributed by atoms with E-state index < -0.39 is 0 Å². The third-order valence-corrected chi connectivity index (χ3v) is 4.80. The van der Waals surface area contributed by atoms with Gasteiger partial charge in [-0.05, 0) is 32.0 Å². The van der Waals surface area contributed by atoms with Gasteiger partial charge in [0.2, 0.25) is 5.91 Å². The third-order valence-electron chi connectivity index (χ3n) is 3.47. The number of H-pyrrole nitrogens is 1. The molecule has 0 aromatic carbocycles. The Hall–Kier alpha value is -0.680. The first kappa shape index (κ1) is 13.7. The van der Waals surface area contributed by atoms with Crippen molar-refractivity contribution in [2.45, 2.75) is 57.9 Å². The highest BCUT2D eigenvalue weighted by Crippen LogP contribution is 2.18. The summed E-state index contributed by atoms with van der Waals surface area (Å²) < 4.78 is 0.754. The van der Waals surface area contributed by atoms with Crippen LogP contribution < -0.4 is 5.32 Å². The van der Waals surface area contributed by atoms with Crippen molar-refractivity contribution in [1.82, 2.24) is 10.3 Å². The quantitative estimate of drug-likeness (QED) is 0.659. The molecule has 0 unspecified atom stereocenters. The van der Waals surface area contributed by atoms with E-state index in [4.69, 9.17) is 12.2 Å². The Morgan fingerprint density at radius 2 is 2.06 bits per heavy atom. The van der Waals surface area contributed by atoms with E-state index in [2.05, 4.69) is 10.3 Å². The molecule has 1 aliphatic carbocycles. The Morgan fingerprint density at radius 1 is 1.39 bits per heavy atom. The predicted octanol–water partition coefficient (Wildman–Crippen LogP) is 3.50. The average molecular weight is 284 g/mol. The molecule has 1 amide bonds. The summed E-state index contributed by atoms with van der Waals surface area (Å²) in [7, 11) is 0. The molecule has 0 spiro atoms. The summed E-state index contributed by atoms with van der Waals surface area (Å²) in [6.07, 6.45) is 7.83. The molecule has 100 valence electrons. The molecule has 3 nitrogen and oxygen atoms in total. The first-order valence-corrected chi connectivity index (χ1v) is 7.85. The van der Waals surface area contributed by atoms with Gasteiger partial charge in [0.05, 0.1) is 6.42 Å². The number of aromatic nitrogens is 1. The average Bonchev–Trinajstić information content (AvgIpc) is 2.54. The van der Waals surface area contributed by atoms with Crippen molar-refractivity contribution in [1.29, 1.82) is 0 Å². The number of hydrogen-bond donors (Lipinski definition) is 2. The minimum Gasteiger partial charge on any atom is -0.353 e. The van der Waals surface area contributed by atoms with Crippen molar-refractivity contribution >= 4 is 29.5 Å². The number of nitrogens with one attached hydrogen (secondary N) is 2. The van der Waals surface area contributed by atoms with Gasteiger partial charge >= 0.3 is 0 Å². The van der Waals surface area contributed by atoms with Gasteiger partial charge in [-0.2, -0.15) is 0 Å². The van der Waals surface area contributed by atoms with Gasteiger partial charge in [0.25, 0.3) is 0 Å². The van der Waals surface area contributed by atoms with E-state index >= 15 is 0 Å². The number of carbonyl (C=O) groups excluding carboxylic acids is 1. The lowest BCUT2D eigenvalue weighted by molar-refractivity contribution is -0.121. The topological polar surface area (TPSA) is 44.9 Å². The largest absolute Gasteiger partial charge is 0.353 e. The van der Waals surface area contributed by atoms with Gasteiger partial charge in [-0.3, -0.25) is 4.79 Å². The van der Waals surface area contributed by atoms with Gasteiger partial charge in [0.1, 0.15) is 0 Å². The van der Waals surface area contributed by atoms with Crippen molar-refractivity contribution in [2.75, 3.05) is 0 Å². The molecule has 1 fully saturated rings. The number of rotatable bonds is 3. The van der Waals surface area contributed by atoms with Crippen LogP contribution in [0, 0.1) is 10.9 Å². The molecule has 0 radical (unpaired) electrons. The zero-order chi connectivity index (χ0) is 13.0. The minimum absolute atomic E-state index is 0.134. The van der Waals surface area contributed by atoms with Gasteiger partial charge in [-0.25, -0.2) is 0 Å². The molecule has 5 heteroatoms. The fourth-order valence-electron chi connectivity index (χ4n) is 2.45. The van der Waals surface area contributed by atoms with Crippen LogP contribution in [0.1, 0.15) is 49.1 Å². The molecule has 0 aliphatic heterocycles. The number of carbonyl (C=O) groups is 1. The lowest BCUT2D eigenvalue weighted by Gasteiger charge is -2.15. The Labute approximate surface area is 117 Å². The highest BCUT2D eigenvalue weighted by Gasteiger charge is 2.16. The molecule has 1 heterocycles. The number of aromatic amines is 1. The second-order valence-corrected chi connectivity index (χ2v) is 6.77. The van der Waals surface area contributed by atoms with Crippen LogP contribution in [-0.2, 0) is 11.2 Å². The van der Waals surface area contributed by atoms with Gasteiger partial charge in [-0.1, -0.05) is 25.7 Å². The van der Waals surface area contributed by atoms with E-state index in [0.29, 0.717) is 12.5 Å². The molecule has 1 aromatic heterocycles. The summed E-state index contributed by atoms with van der Waals surface area (Å²) in [6, 6.07) is 0.382. The van der Waals surface area contributed by atoms with Gasteiger partial charge in [0, 0.05) is 16.6 Å². The summed E-state index contributed by atoms with van der Waals surface area (Å²) in [5.74, 6) is 0.134. The van der Waals surface area contributed by atoms with Crippen molar-refractivity contribution in [3.63, 3.8) is 0 Å². The Morgan fingerprint density at radius 3 is 2.61 bits per heavy atom. The number of thiazole rings is 1. The molecule has 0 bridgehead atoms. The van der Waals surface area contributed by atoms with Crippen molar-refractivity contribution in [2.24, 2.45) is 0 Å². The molecule has 1 aromatic rings. The fraction of sp³-hybridized carbons (Fsp3) is 0.692. The Balaban J connectivity index is 1.88. The maximum Gasteiger partial charge on any atom is 0.225 e. The standard InChI is InChI=1S/C13H20N2OS2/c1-9-11(18-13(17)14-9)8-12(16)15-10-6-4-2-3-5-7-10/h10H,2-8H2,1H3,(H,14,17)(H,15,16). The van der Waals surface area contributed by atoms with Crippen molar-refractivity contribution in [3.05, 3.63) is 14.5 Å². The lowest BCUT2D eigenvalue weighted by atomic mass is 10.1. The monoisotopic (exact) mass is 284 g/mol. The van der Waals surface area contributed by atoms with Crippen molar-refractivity contribution < 1.29 is 4.79 Å². The molecule has 1 saturated carbocycles. The van der Waals surface area contributed by atoms with Crippen LogP contribution >= 0.6 is 23.6 Å². The Bertz CT molecular complexity index is 456. The highest BCUT2D eigenvalue weighted by molar-refractivity contribution is 7.73. The highest BCUT2D eigenvalue weighted by atomic mass is 32.1. The number of hydrogen-bond acceptors (Lipinski definition) is 3. The molecule has 2 N–H and O–H groups in total. The van der Waals surface area contributed by atoms with E-state index in [0.717, 1.165) is 27.4 Å². The molecular weight excluding hydrogens is 264 g/mol. The van der Waals surface area contributed by atoms with E-state index in [1.807, 2.05) is 6.92 Å². The van der Waals surface area contributed by atoms with Crippen LogP contribution in [0.5, 0.6) is 0 Å².